The molecule has 3 aromatic rings. The summed E-state index contributed by atoms with van der Waals surface area (Å²) in [4.78, 5) is 26.7. The maximum absolute atomic E-state index is 12.9. The normalized spacial score (nSPS) is 11.5. The molecule has 1 aromatic heterocycles. The Kier molecular flexibility index (Phi) is 4.26. The van der Waals surface area contributed by atoms with Crippen molar-refractivity contribution in [2.75, 3.05) is 5.32 Å². The standard InChI is InChI=1S/C17H10ClF3N2O2/c18-13-6-5-10(8-12(13)17(19,20)21)22-16(25)14-7-9-3-1-2-4-11(9)15(24)23-14/h1-8H,(H,22,25)(H,23,24). The highest BCUT2D eigenvalue weighted by Gasteiger charge is 2.33. The van der Waals surface area contributed by atoms with Crippen molar-refractivity contribution in [3.05, 3.63) is 75.2 Å². The van der Waals surface area contributed by atoms with E-state index in [4.69, 9.17) is 11.6 Å². The van der Waals surface area contributed by atoms with Gasteiger partial charge in [0.2, 0.25) is 0 Å². The molecule has 4 nitrogen and oxygen atoms in total. The fourth-order valence-corrected chi connectivity index (χ4v) is 2.58. The molecule has 0 radical (unpaired) electrons. The number of alkyl halides is 3. The summed E-state index contributed by atoms with van der Waals surface area (Å²) in [6, 6.07) is 11.1. The van der Waals surface area contributed by atoms with Gasteiger partial charge < -0.3 is 10.3 Å². The summed E-state index contributed by atoms with van der Waals surface area (Å²) in [5.74, 6) is -0.738. The van der Waals surface area contributed by atoms with E-state index >= 15 is 0 Å². The fourth-order valence-electron chi connectivity index (χ4n) is 2.35. The quantitative estimate of drug-likeness (QED) is 0.703. The molecule has 3 rings (SSSR count). The van der Waals surface area contributed by atoms with Gasteiger partial charge in [-0.05, 0) is 35.7 Å². The number of fused-ring (bicyclic) bond motifs is 1. The largest absolute Gasteiger partial charge is 0.417 e. The SMILES string of the molecule is O=C(Nc1ccc(Cl)c(C(F)(F)F)c1)c1cc2ccccc2c(=O)[nH]1. The second kappa shape index (κ2) is 6.25. The van der Waals surface area contributed by atoms with Crippen LogP contribution in [0.5, 0.6) is 0 Å². The lowest BCUT2D eigenvalue weighted by Crippen LogP contribution is -2.19. The average Bonchev–Trinajstić information content (AvgIpc) is 2.55. The first kappa shape index (κ1) is 17.0. The number of carbonyl (C=O) groups excluding carboxylic acids is 1. The Balaban J connectivity index is 1.94. The van der Waals surface area contributed by atoms with Crippen LogP contribution in [0.25, 0.3) is 10.8 Å². The Morgan fingerprint density at radius 1 is 1.08 bits per heavy atom. The van der Waals surface area contributed by atoms with E-state index in [2.05, 4.69) is 10.3 Å². The molecule has 0 bridgehead atoms. The van der Waals surface area contributed by atoms with Gasteiger partial charge in [-0.1, -0.05) is 29.8 Å². The summed E-state index contributed by atoms with van der Waals surface area (Å²) in [5, 5.41) is 2.81. The molecule has 0 aliphatic rings. The van der Waals surface area contributed by atoms with Gasteiger partial charge in [0.1, 0.15) is 5.69 Å². The Morgan fingerprint density at radius 3 is 2.52 bits per heavy atom. The van der Waals surface area contributed by atoms with Gasteiger partial charge in [-0.25, -0.2) is 0 Å². The maximum Gasteiger partial charge on any atom is 0.417 e. The molecule has 0 atom stereocenters. The number of aromatic amines is 1. The molecule has 8 heteroatoms. The molecule has 1 heterocycles. The number of amides is 1. The molecular weight excluding hydrogens is 357 g/mol. The zero-order valence-electron chi connectivity index (χ0n) is 12.4. The lowest BCUT2D eigenvalue weighted by atomic mass is 10.1. The lowest BCUT2D eigenvalue weighted by molar-refractivity contribution is -0.137. The number of nitrogens with one attached hydrogen (secondary N) is 2. The molecule has 2 N–H and O–H groups in total. The molecule has 128 valence electrons. The topological polar surface area (TPSA) is 62.0 Å². The summed E-state index contributed by atoms with van der Waals surface area (Å²) in [5.41, 5.74) is -1.67. The minimum Gasteiger partial charge on any atom is -0.321 e. The number of H-pyrrole nitrogens is 1. The van der Waals surface area contributed by atoms with E-state index in [9.17, 15) is 22.8 Å². The van der Waals surface area contributed by atoms with Crippen molar-refractivity contribution in [2.45, 2.75) is 6.18 Å². The predicted octanol–water partition coefficient (Wildman–Crippen LogP) is 4.45. The maximum atomic E-state index is 12.9. The van der Waals surface area contributed by atoms with Crippen LogP contribution < -0.4 is 10.9 Å². The average molecular weight is 367 g/mol. The minimum atomic E-state index is -4.64. The van der Waals surface area contributed by atoms with Crippen molar-refractivity contribution in [3.63, 3.8) is 0 Å². The summed E-state index contributed by atoms with van der Waals surface area (Å²) in [7, 11) is 0. The molecule has 1 amide bonds. The number of carbonyl (C=O) groups is 1. The molecule has 0 saturated heterocycles. The summed E-state index contributed by atoms with van der Waals surface area (Å²) in [6.45, 7) is 0. The summed E-state index contributed by atoms with van der Waals surface area (Å²) < 4.78 is 38.6. The van der Waals surface area contributed by atoms with Gasteiger partial charge in [-0.15, -0.1) is 0 Å². The molecule has 2 aromatic carbocycles. The van der Waals surface area contributed by atoms with Crippen molar-refractivity contribution in [1.82, 2.24) is 4.98 Å². The van der Waals surface area contributed by atoms with E-state index in [0.717, 1.165) is 12.1 Å². The molecule has 0 saturated carbocycles. The third kappa shape index (κ3) is 3.51. The van der Waals surface area contributed by atoms with E-state index in [1.165, 1.54) is 12.1 Å². The van der Waals surface area contributed by atoms with E-state index in [1.807, 2.05) is 0 Å². The van der Waals surface area contributed by atoms with Crippen LogP contribution in [0.15, 0.2) is 53.3 Å². The first-order chi connectivity index (χ1) is 11.8. The van der Waals surface area contributed by atoms with Crippen molar-refractivity contribution in [1.29, 1.82) is 0 Å². The number of rotatable bonds is 2. The van der Waals surface area contributed by atoms with Crippen LogP contribution in [0.4, 0.5) is 18.9 Å². The molecular formula is C17H10ClF3N2O2. The number of hydrogen-bond acceptors (Lipinski definition) is 2. The monoisotopic (exact) mass is 366 g/mol. The number of halogens is 4. The highest BCUT2D eigenvalue weighted by molar-refractivity contribution is 6.31. The fraction of sp³-hybridized carbons (Fsp3) is 0.0588. The van der Waals surface area contributed by atoms with Gasteiger partial charge in [0.25, 0.3) is 11.5 Å². The Morgan fingerprint density at radius 2 is 1.80 bits per heavy atom. The first-order valence-corrected chi connectivity index (χ1v) is 7.43. The summed E-state index contributed by atoms with van der Waals surface area (Å²) >= 11 is 5.54. The molecule has 0 aliphatic heterocycles. The van der Waals surface area contributed by atoms with Crippen LogP contribution >= 0.6 is 11.6 Å². The summed E-state index contributed by atoms with van der Waals surface area (Å²) in [6.07, 6.45) is -4.64. The Labute approximate surface area is 144 Å². The van der Waals surface area contributed by atoms with Crippen molar-refractivity contribution in [3.8, 4) is 0 Å². The second-order valence-corrected chi connectivity index (χ2v) is 5.65. The van der Waals surface area contributed by atoms with Crippen LogP contribution in [0.1, 0.15) is 16.1 Å². The highest BCUT2D eigenvalue weighted by atomic mass is 35.5. The van der Waals surface area contributed by atoms with Gasteiger partial charge in [-0.3, -0.25) is 9.59 Å². The highest BCUT2D eigenvalue weighted by Crippen LogP contribution is 2.36. The number of pyridine rings is 1. The van der Waals surface area contributed by atoms with E-state index < -0.39 is 28.2 Å². The molecule has 0 fully saturated rings. The van der Waals surface area contributed by atoms with Crippen LogP contribution in [0, 0.1) is 0 Å². The predicted molar refractivity (Wildman–Crippen MR) is 89.0 cm³/mol. The van der Waals surface area contributed by atoms with E-state index in [0.29, 0.717) is 10.8 Å². The van der Waals surface area contributed by atoms with Gasteiger partial charge in [-0.2, -0.15) is 13.2 Å². The first-order valence-electron chi connectivity index (χ1n) is 7.06. The van der Waals surface area contributed by atoms with Crippen molar-refractivity contribution >= 4 is 34.0 Å². The van der Waals surface area contributed by atoms with E-state index in [1.54, 1.807) is 24.3 Å². The number of hydrogen-bond donors (Lipinski definition) is 2. The van der Waals surface area contributed by atoms with E-state index in [-0.39, 0.29) is 11.4 Å². The van der Waals surface area contributed by atoms with Gasteiger partial charge in [0.05, 0.1) is 10.6 Å². The molecule has 0 aliphatic carbocycles. The zero-order chi connectivity index (χ0) is 18.2. The third-order valence-corrected chi connectivity index (χ3v) is 3.86. The van der Waals surface area contributed by atoms with Crippen LogP contribution in [-0.2, 0) is 6.18 Å². The minimum absolute atomic E-state index is 0.0628. The number of benzene rings is 2. The Bertz CT molecular complexity index is 1030. The molecule has 25 heavy (non-hydrogen) atoms. The lowest BCUT2D eigenvalue weighted by Gasteiger charge is -2.12. The number of aromatic nitrogens is 1. The molecule has 0 unspecified atom stereocenters. The van der Waals surface area contributed by atoms with Crippen LogP contribution in [0.2, 0.25) is 5.02 Å². The third-order valence-electron chi connectivity index (χ3n) is 3.53. The van der Waals surface area contributed by atoms with Crippen molar-refractivity contribution < 1.29 is 18.0 Å². The van der Waals surface area contributed by atoms with Gasteiger partial charge in [0, 0.05) is 11.1 Å². The Hall–Kier alpha value is -2.80. The number of anilines is 1. The smallest absolute Gasteiger partial charge is 0.321 e. The molecule has 0 spiro atoms. The van der Waals surface area contributed by atoms with Gasteiger partial charge >= 0.3 is 6.18 Å². The zero-order valence-corrected chi connectivity index (χ0v) is 13.2. The van der Waals surface area contributed by atoms with Gasteiger partial charge in [0.15, 0.2) is 0 Å². The second-order valence-electron chi connectivity index (χ2n) is 5.25. The van der Waals surface area contributed by atoms with Crippen molar-refractivity contribution in [2.24, 2.45) is 0 Å². The van der Waals surface area contributed by atoms with Crippen LogP contribution in [0.3, 0.4) is 0 Å². The van der Waals surface area contributed by atoms with Crippen LogP contribution in [-0.4, -0.2) is 10.9 Å².